The molecule has 0 saturated heterocycles. The summed E-state index contributed by atoms with van der Waals surface area (Å²) in [7, 11) is 0. The van der Waals surface area contributed by atoms with E-state index in [0.29, 0.717) is 0 Å². The highest BCUT2D eigenvalue weighted by Gasteiger charge is 2.30. The summed E-state index contributed by atoms with van der Waals surface area (Å²) in [6, 6.07) is 11.6. The van der Waals surface area contributed by atoms with Gasteiger partial charge in [0, 0.05) is 6.42 Å². The van der Waals surface area contributed by atoms with E-state index in [-0.39, 0.29) is 29.9 Å². The van der Waals surface area contributed by atoms with E-state index in [1.807, 2.05) is 0 Å². The standard InChI is InChI=1S/C26H28N2O9/c1-16(2)15-20(25(34)37-23(32)18-11-7-4-8-12-18)28-26(35)27-19(13-14-21(29)30)24(33)36-22(31)17-9-5-3-6-10-17/h3-12,16,19-20H,13-15H2,1-2H3,(H,29,30)(H2,27,28,35)/t19-,20-/m0/s1. The van der Waals surface area contributed by atoms with Gasteiger partial charge in [-0.15, -0.1) is 0 Å². The Morgan fingerprint density at radius 3 is 1.59 bits per heavy atom. The minimum absolute atomic E-state index is 0.0834. The molecule has 0 aromatic heterocycles. The average Bonchev–Trinajstić information content (AvgIpc) is 2.86. The Kier molecular flexibility index (Phi) is 11.0. The number of rotatable bonds is 11. The van der Waals surface area contributed by atoms with Crippen LogP contribution in [0.15, 0.2) is 60.7 Å². The summed E-state index contributed by atoms with van der Waals surface area (Å²) in [4.78, 5) is 73.3. The number of hydrogen-bond donors (Lipinski definition) is 3. The Hall–Kier alpha value is -4.54. The van der Waals surface area contributed by atoms with Crippen LogP contribution in [0, 0.1) is 5.92 Å². The van der Waals surface area contributed by atoms with Crippen LogP contribution in [0.1, 0.15) is 53.8 Å². The molecule has 2 atom stereocenters. The molecule has 2 rings (SSSR count). The fraction of sp³-hybridized carbons (Fsp3) is 0.308. The minimum atomic E-state index is -1.51. The Labute approximate surface area is 213 Å². The number of carboxylic acid groups (broad SMARTS) is 1. The Balaban J connectivity index is 2.08. The van der Waals surface area contributed by atoms with Crippen molar-refractivity contribution in [2.45, 2.75) is 45.2 Å². The molecule has 0 fully saturated rings. The molecule has 0 aliphatic heterocycles. The average molecular weight is 513 g/mol. The van der Waals surface area contributed by atoms with Crippen molar-refractivity contribution in [3.05, 3.63) is 71.8 Å². The third kappa shape index (κ3) is 9.92. The van der Waals surface area contributed by atoms with Gasteiger partial charge in [0.05, 0.1) is 11.1 Å². The van der Waals surface area contributed by atoms with Crippen molar-refractivity contribution < 1.29 is 43.3 Å². The molecule has 11 heteroatoms. The summed E-state index contributed by atoms with van der Waals surface area (Å²) < 4.78 is 9.70. The summed E-state index contributed by atoms with van der Waals surface area (Å²) in [5.41, 5.74) is 0.225. The Bertz CT molecular complexity index is 1120. The van der Waals surface area contributed by atoms with Gasteiger partial charge in [-0.1, -0.05) is 50.2 Å². The van der Waals surface area contributed by atoms with Crippen LogP contribution in [-0.4, -0.2) is 53.1 Å². The van der Waals surface area contributed by atoms with Crippen molar-refractivity contribution in [1.82, 2.24) is 10.6 Å². The lowest BCUT2D eigenvalue weighted by Crippen LogP contribution is -2.52. The summed E-state index contributed by atoms with van der Waals surface area (Å²) >= 11 is 0. The number of carbonyl (C=O) groups is 6. The molecule has 0 heterocycles. The number of carbonyl (C=O) groups excluding carboxylic acids is 5. The van der Waals surface area contributed by atoms with E-state index in [1.165, 1.54) is 24.3 Å². The first kappa shape index (κ1) is 28.7. The van der Waals surface area contributed by atoms with Crippen LogP contribution >= 0.6 is 0 Å². The predicted molar refractivity (Wildman–Crippen MR) is 129 cm³/mol. The molecule has 2 aromatic carbocycles. The lowest BCUT2D eigenvalue weighted by atomic mass is 10.0. The van der Waals surface area contributed by atoms with Gasteiger partial charge >= 0.3 is 35.9 Å². The molecule has 0 spiro atoms. The van der Waals surface area contributed by atoms with Crippen molar-refractivity contribution in [1.29, 1.82) is 0 Å². The van der Waals surface area contributed by atoms with E-state index in [0.717, 1.165) is 0 Å². The van der Waals surface area contributed by atoms with Crippen molar-refractivity contribution in [3.8, 4) is 0 Å². The van der Waals surface area contributed by atoms with Crippen LogP contribution in [0.4, 0.5) is 4.79 Å². The number of benzene rings is 2. The second-order valence-electron chi connectivity index (χ2n) is 8.43. The minimum Gasteiger partial charge on any atom is -0.481 e. The molecule has 0 bridgehead atoms. The molecular weight excluding hydrogens is 484 g/mol. The predicted octanol–water partition coefficient (Wildman–Crippen LogP) is 2.70. The molecule has 11 nitrogen and oxygen atoms in total. The van der Waals surface area contributed by atoms with E-state index < -0.39 is 54.4 Å². The van der Waals surface area contributed by atoms with Gasteiger partial charge in [0.1, 0.15) is 12.1 Å². The topological polar surface area (TPSA) is 165 Å². The second kappa shape index (κ2) is 14.1. The van der Waals surface area contributed by atoms with Crippen LogP contribution < -0.4 is 10.6 Å². The zero-order valence-electron chi connectivity index (χ0n) is 20.3. The number of nitrogens with one attached hydrogen (secondary N) is 2. The highest BCUT2D eigenvalue weighted by atomic mass is 16.6. The lowest BCUT2D eigenvalue weighted by molar-refractivity contribution is -0.141. The number of hydrogen-bond acceptors (Lipinski definition) is 8. The van der Waals surface area contributed by atoms with E-state index in [4.69, 9.17) is 14.6 Å². The van der Waals surface area contributed by atoms with Crippen LogP contribution in [0.2, 0.25) is 0 Å². The zero-order chi connectivity index (χ0) is 27.4. The third-order valence-electron chi connectivity index (χ3n) is 4.94. The highest BCUT2D eigenvalue weighted by Crippen LogP contribution is 2.10. The Morgan fingerprint density at radius 2 is 1.16 bits per heavy atom. The van der Waals surface area contributed by atoms with Crippen molar-refractivity contribution in [2.24, 2.45) is 5.92 Å². The van der Waals surface area contributed by atoms with Crippen molar-refractivity contribution >= 4 is 35.9 Å². The van der Waals surface area contributed by atoms with Gasteiger partial charge in [0.25, 0.3) is 0 Å². The molecule has 0 radical (unpaired) electrons. The third-order valence-corrected chi connectivity index (χ3v) is 4.94. The quantitative estimate of drug-likeness (QED) is 0.303. The molecular formula is C26H28N2O9. The van der Waals surface area contributed by atoms with Gasteiger partial charge in [-0.25, -0.2) is 24.0 Å². The number of aliphatic carboxylic acids is 1. The van der Waals surface area contributed by atoms with Crippen LogP contribution in [0.3, 0.4) is 0 Å². The molecule has 0 aliphatic rings. The number of esters is 4. The van der Waals surface area contributed by atoms with E-state index >= 15 is 0 Å². The largest absolute Gasteiger partial charge is 0.481 e. The number of ether oxygens (including phenoxy) is 2. The smallest absolute Gasteiger partial charge is 0.345 e. The molecule has 0 unspecified atom stereocenters. The van der Waals surface area contributed by atoms with Crippen LogP contribution in [0.5, 0.6) is 0 Å². The normalized spacial score (nSPS) is 12.1. The maximum absolute atomic E-state index is 12.7. The van der Waals surface area contributed by atoms with Crippen LogP contribution in [-0.2, 0) is 23.9 Å². The first-order chi connectivity index (χ1) is 17.6. The highest BCUT2D eigenvalue weighted by molar-refractivity contribution is 6.00. The lowest BCUT2D eigenvalue weighted by Gasteiger charge is -2.21. The van der Waals surface area contributed by atoms with Gasteiger partial charge in [-0.3, -0.25) is 4.79 Å². The van der Waals surface area contributed by atoms with E-state index in [9.17, 15) is 28.8 Å². The fourth-order valence-corrected chi connectivity index (χ4v) is 3.15. The van der Waals surface area contributed by atoms with Gasteiger partial charge in [0.2, 0.25) is 0 Å². The number of carboxylic acids is 1. The Morgan fingerprint density at radius 1 is 0.730 bits per heavy atom. The van der Waals surface area contributed by atoms with Crippen molar-refractivity contribution in [2.75, 3.05) is 0 Å². The summed E-state index contributed by atoms with van der Waals surface area (Å²) in [5, 5.41) is 13.6. The molecule has 196 valence electrons. The van der Waals surface area contributed by atoms with Gasteiger partial charge < -0.3 is 25.2 Å². The summed E-state index contributed by atoms with van der Waals surface area (Å²) in [6.45, 7) is 3.56. The monoisotopic (exact) mass is 512 g/mol. The zero-order valence-corrected chi connectivity index (χ0v) is 20.3. The van der Waals surface area contributed by atoms with Gasteiger partial charge in [-0.2, -0.15) is 0 Å². The molecule has 2 aromatic rings. The SMILES string of the molecule is CC(C)C[C@H](NC(=O)N[C@@H](CCC(=O)O)C(=O)OC(=O)c1ccccc1)C(=O)OC(=O)c1ccccc1. The molecule has 2 amide bonds. The second-order valence-corrected chi connectivity index (χ2v) is 8.43. The van der Waals surface area contributed by atoms with Gasteiger partial charge in [-0.05, 0) is 43.0 Å². The maximum Gasteiger partial charge on any atom is 0.345 e. The van der Waals surface area contributed by atoms with Crippen LogP contribution in [0.25, 0.3) is 0 Å². The first-order valence-electron chi connectivity index (χ1n) is 11.5. The number of urea groups is 1. The fourth-order valence-electron chi connectivity index (χ4n) is 3.15. The van der Waals surface area contributed by atoms with E-state index in [2.05, 4.69) is 10.6 Å². The molecule has 0 saturated carbocycles. The molecule has 3 N–H and O–H groups in total. The molecule has 37 heavy (non-hydrogen) atoms. The molecule has 0 aliphatic carbocycles. The first-order valence-corrected chi connectivity index (χ1v) is 11.5. The summed E-state index contributed by atoms with van der Waals surface area (Å²) in [5.74, 6) is -5.40. The van der Waals surface area contributed by atoms with Crippen molar-refractivity contribution in [3.63, 3.8) is 0 Å². The summed E-state index contributed by atoms with van der Waals surface area (Å²) in [6.07, 6.45) is -0.789. The van der Waals surface area contributed by atoms with E-state index in [1.54, 1.807) is 50.2 Å². The number of amides is 2. The maximum atomic E-state index is 12.7. The van der Waals surface area contributed by atoms with Gasteiger partial charge in [0.15, 0.2) is 0 Å².